The molecule has 0 aromatic heterocycles. The second kappa shape index (κ2) is 9.42. The maximum Gasteiger partial charge on any atom is 0.267 e. The minimum atomic E-state index is -0.553. The fourth-order valence-electron chi connectivity index (χ4n) is 2.99. The quantitative estimate of drug-likeness (QED) is 0.695. The van der Waals surface area contributed by atoms with E-state index in [1.165, 1.54) is 0 Å². The molecule has 1 aromatic carbocycles. The summed E-state index contributed by atoms with van der Waals surface area (Å²) in [7, 11) is 0. The molecule has 0 fully saturated rings. The molecule has 1 aliphatic rings. The zero-order valence-electron chi connectivity index (χ0n) is 15.1. The van der Waals surface area contributed by atoms with Crippen molar-refractivity contribution in [1.29, 1.82) is 0 Å². The highest BCUT2D eigenvalue weighted by molar-refractivity contribution is 6.00. The molecule has 25 heavy (non-hydrogen) atoms. The molecule has 1 heterocycles. The summed E-state index contributed by atoms with van der Waals surface area (Å²) in [5.74, 6) is 0.498. The fraction of sp³-hybridized carbons (Fsp3) is 0.579. The van der Waals surface area contributed by atoms with Gasteiger partial charge in [0.15, 0.2) is 6.10 Å². The molecule has 2 rings (SSSR count). The Labute approximate surface area is 149 Å². The summed E-state index contributed by atoms with van der Waals surface area (Å²) < 4.78 is 5.61. The van der Waals surface area contributed by atoms with E-state index in [1.54, 1.807) is 16.7 Å². The van der Waals surface area contributed by atoms with Crippen LogP contribution in [0.1, 0.15) is 39.5 Å². The SMILES string of the molecule is CCCCCN(CCO)C(=O)CCN1C(=O)[C@H](C)Oc2ccccc21. The number of nitrogens with zero attached hydrogens (tertiary/aromatic N) is 2. The summed E-state index contributed by atoms with van der Waals surface area (Å²) in [5, 5.41) is 9.19. The topological polar surface area (TPSA) is 70.1 Å². The van der Waals surface area contributed by atoms with E-state index in [9.17, 15) is 14.7 Å². The molecule has 138 valence electrons. The highest BCUT2D eigenvalue weighted by Gasteiger charge is 2.31. The van der Waals surface area contributed by atoms with Crippen molar-refractivity contribution >= 4 is 17.5 Å². The molecule has 0 saturated heterocycles. The predicted molar refractivity (Wildman–Crippen MR) is 96.7 cm³/mol. The standard InChI is InChI=1S/C19H28N2O4/c1-3-4-7-11-20(13-14-22)18(23)10-12-21-16-8-5-6-9-17(16)25-15(2)19(21)24/h5-6,8-9,15,22H,3-4,7,10-14H2,1-2H3/t15-/m0/s1. The van der Waals surface area contributed by atoms with E-state index in [-0.39, 0.29) is 24.8 Å². The van der Waals surface area contributed by atoms with Gasteiger partial charge < -0.3 is 19.6 Å². The second-order valence-corrected chi connectivity index (χ2v) is 6.28. The van der Waals surface area contributed by atoms with Gasteiger partial charge in [0.05, 0.1) is 12.3 Å². The first-order valence-corrected chi connectivity index (χ1v) is 9.04. The Kier molecular flexibility index (Phi) is 7.25. The van der Waals surface area contributed by atoms with Gasteiger partial charge in [0.1, 0.15) is 5.75 Å². The van der Waals surface area contributed by atoms with Crippen molar-refractivity contribution in [3.05, 3.63) is 24.3 Å². The lowest BCUT2D eigenvalue weighted by Crippen LogP contribution is -2.46. The maximum atomic E-state index is 12.5. The lowest BCUT2D eigenvalue weighted by molar-refractivity contribution is -0.131. The highest BCUT2D eigenvalue weighted by Crippen LogP contribution is 2.33. The number of hydrogen-bond donors (Lipinski definition) is 1. The van der Waals surface area contributed by atoms with Crippen molar-refractivity contribution < 1.29 is 19.4 Å². The van der Waals surface area contributed by atoms with Crippen molar-refractivity contribution in [2.75, 3.05) is 31.1 Å². The van der Waals surface area contributed by atoms with Gasteiger partial charge in [0.25, 0.3) is 5.91 Å². The molecular weight excluding hydrogens is 320 g/mol. The van der Waals surface area contributed by atoms with Crippen molar-refractivity contribution in [3.63, 3.8) is 0 Å². The fourth-order valence-corrected chi connectivity index (χ4v) is 2.99. The smallest absolute Gasteiger partial charge is 0.267 e. The molecule has 0 radical (unpaired) electrons. The van der Waals surface area contributed by atoms with E-state index in [0.717, 1.165) is 19.3 Å². The van der Waals surface area contributed by atoms with Crippen LogP contribution in [0.3, 0.4) is 0 Å². The number of amides is 2. The number of aliphatic hydroxyl groups is 1. The normalized spacial score (nSPS) is 16.4. The van der Waals surface area contributed by atoms with Crippen molar-refractivity contribution in [1.82, 2.24) is 4.90 Å². The average molecular weight is 348 g/mol. The number of para-hydroxylation sites is 2. The molecule has 0 bridgehead atoms. The lowest BCUT2D eigenvalue weighted by atomic mass is 10.1. The molecule has 0 aliphatic carbocycles. The van der Waals surface area contributed by atoms with E-state index < -0.39 is 6.10 Å². The molecule has 2 amide bonds. The molecule has 1 N–H and O–H groups in total. The van der Waals surface area contributed by atoms with E-state index in [1.807, 2.05) is 24.3 Å². The first-order chi connectivity index (χ1) is 12.1. The lowest BCUT2D eigenvalue weighted by Gasteiger charge is -2.33. The number of carbonyl (C=O) groups excluding carboxylic acids is 2. The number of aliphatic hydroxyl groups excluding tert-OH is 1. The first-order valence-electron chi connectivity index (χ1n) is 9.04. The van der Waals surface area contributed by atoms with Gasteiger partial charge in [-0.2, -0.15) is 0 Å². The van der Waals surface area contributed by atoms with E-state index in [0.29, 0.717) is 31.1 Å². The Hall–Kier alpha value is -2.08. The number of ether oxygens (including phenoxy) is 1. The van der Waals surface area contributed by atoms with Gasteiger partial charge in [-0.05, 0) is 25.5 Å². The molecule has 1 aliphatic heterocycles. The Morgan fingerprint density at radius 1 is 1.28 bits per heavy atom. The number of hydrogen-bond acceptors (Lipinski definition) is 4. The summed E-state index contributed by atoms with van der Waals surface area (Å²) in [4.78, 5) is 28.3. The third-order valence-corrected chi connectivity index (χ3v) is 4.38. The van der Waals surface area contributed by atoms with Crippen LogP contribution in [0, 0.1) is 0 Å². The van der Waals surface area contributed by atoms with E-state index >= 15 is 0 Å². The minimum Gasteiger partial charge on any atom is -0.479 e. The summed E-state index contributed by atoms with van der Waals surface area (Å²) >= 11 is 0. The van der Waals surface area contributed by atoms with Crippen LogP contribution in [0.15, 0.2) is 24.3 Å². The zero-order chi connectivity index (χ0) is 18.2. The van der Waals surface area contributed by atoms with Crippen LogP contribution >= 0.6 is 0 Å². The monoisotopic (exact) mass is 348 g/mol. The summed E-state index contributed by atoms with van der Waals surface area (Å²) in [5.41, 5.74) is 0.707. The third-order valence-electron chi connectivity index (χ3n) is 4.38. The Morgan fingerprint density at radius 2 is 2.04 bits per heavy atom. The van der Waals surface area contributed by atoms with Crippen LogP contribution in [0.5, 0.6) is 5.75 Å². The van der Waals surface area contributed by atoms with Gasteiger partial charge in [-0.3, -0.25) is 9.59 Å². The third kappa shape index (κ3) is 4.95. The number of rotatable bonds is 9. The molecule has 6 heteroatoms. The Bertz CT molecular complexity index is 591. The van der Waals surface area contributed by atoms with Gasteiger partial charge in [-0.15, -0.1) is 0 Å². The minimum absolute atomic E-state index is 0.0328. The van der Waals surface area contributed by atoms with Gasteiger partial charge in [0.2, 0.25) is 5.91 Å². The second-order valence-electron chi connectivity index (χ2n) is 6.28. The van der Waals surface area contributed by atoms with Crippen molar-refractivity contribution in [2.45, 2.75) is 45.6 Å². The Balaban J connectivity index is 2.00. The van der Waals surface area contributed by atoms with E-state index in [4.69, 9.17) is 4.74 Å². The molecule has 1 aromatic rings. The number of fused-ring (bicyclic) bond motifs is 1. The number of anilines is 1. The summed E-state index contributed by atoms with van der Waals surface area (Å²) in [6, 6.07) is 7.37. The van der Waals surface area contributed by atoms with Crippen LogP contribution in [0.2, 0.25) is 0 Å². The largest absolute Gasteiger partial charge is 0.479 e. The zero-order valence-corrected chi connectivity index (χ0v) is 15.1. The summed E-state index contributed by atoms with van der Waals surface area (Å²) in [6.45, 7) is 5.09. The van der Waals surface area contributed by atoms with Crippen LogP contribution in [-0.2, 0) is 9.59 Å². The molecule has 1 atom stereocenters. The van der Waals surface area contributed by atoms with E-state index in [2.05, 4.69) is 6.92 Å². The van der Waals surface area contributed by atoms with Gasteiger partial charge in [-0.1, -0.05) is 31.9 Å². The van der Waals surface area contributed by atoms with Crippen LogP contribution < -0.4 is 9.64 Å². The van der Waals surface area contributed by atoms with Crippen LogP contribution in [0.4, 0.5) is 5.69 Å². The van der Waals surface area contributed by atoms with Gasteiger partial charge in [0, 0.05) is 26.1 Å². The molecular formula is C19H28N2O4. The number of benzene rings is 1. The Morgan fingerprint density at radius 3 is 2.76 bits per heavy atom. The average Bonchev–Trinajstić information content (AvgIpc) is 2.61. The predicted octanol–water partition coefficient (Wildman–Crippen LogP) is 2.20. The van der Waals surface area contributed by atoms with Crippen LogP contribution in [0.25, 0.3) is 0 Å². The maximum absolute atomic E-state index is 12.5. The van der Waals surface area contributed by atoms with Crippen LogP contribution in [-0.4, -0.2) is 54.2 Å². The summed E-state index contributed by atoms with van der Waals surface area (Å²) in [6.07, 6.45) is 2.75. The molecule has 0 saturated carbocycles. The van der Waals surface area contributed by atoms with Gasteiger partial charge in [-0.25, -0.2) is 0 Å². The number of carbonyl (C=O) groups is 2. The highest BCUT2D eigenvalue weighted by atomic mass is 16.5. The van der Waals surface area contributed by atoms with Crippen molar-refractivity contribution in [3.8, 4) is 5.75 Å². The number of unbranched alkanes of at least 4 members (excludes halogenated alkanes) is 2. The molecule has 6 nitrogen and oxygen atoms in total. The van der Waals surface area contributed by atoms with Gasteiger partial charge >= 0.3 is 0 Å². The first kappa shape index (κ1) is 19.2. The molecule has 0 unspecified atom stereocenters. The van der Waals surface area contributed by atoms with Crippen molar-refractivity contribution in [2.24, 2.45) is 0 Å². The molecule has 0 spiro atoms.